The van der Waals surface area contributed by atoms with Gasteiger partial charge in [-0.15, -0.1) is 0 Å². The Morgan fingerprint density at radius 3 is 2.95 bits per heavy atom. The molecule has 1 aromatic carbocycles. The molecule has 2 heterocycles. The van der Waals surface area contributed by atoms with Gasteiger partial charge in [0.25, 0.3) is 5.91 Å². The lowest BCUT2D eigenvalue weighted by Gasteiger charge is -2.33. The number of fused-ring (bicyclic) bond motifs is 1. The minimum Gasteiger partial charge on any atom is -0.451 e. The summed E-state index contributed by atoms with van der Waals surface area (Å²) in [4.78, 5) is 14.9. The van der Waals surface area contributed by atoms with Crippen LogP contribution in [0.15, 0.2) is 28.7 Å². The molecule has 3 nitrogen and oxygen atoms in total. The van der Waals surface area contributed by atoms with Crippen molar-refractivity contribution in [1.29, 1.82) is 0 Å². The molecule has 2 atom stereocenters. The van der Waals surface area contributed by atoms with Crippen molar-refractivity contribution in [1.82, 2.24) is 4.90 Å². The predicted molar refractivity (Wildman–Crippen MR) is 83.4 cm³/mol. The number of amides is 1. The second kappa shape index (κ2) is 5.24. The summed E-state index contributed by atoms with van der Waals surface area (Å²) >= 11 is 3.66. The van der Waals surface area contributed by atoms with E-state index in [1.54, 1.807) is 0 Å². The Morgan fingerprint density at radius 2 is 2.20 bits per heavy atom. The second-order valence-corrected chi connectivity index (χ2v) is 6.86. The summed E-state index contributed by atoms with van der Waals surface area (Å²) in [6.45, 7) is 5.78. The largest absolute Gasteiger partial charge is 0.451 e. The number of carbonyl (C=O) groups excluding carboxylic acids is 1. The number of benzene rings is 1. The molecule has 2 aromatic rings. The van der Waals surface area contributed by atoms with Gasteiger partial charge in [-0.2, -0.15) is 0 Å². The Kier molecular flexibility index (Phi) is 3.59. The lowest BCUT2D eigenvalue weighted by atomic mass is 10.00. The number of halogens is 1. The zero-order chi connectivity index (χ0) is 14.3. The number of furan rings is 1. The number of rotatable bonds is 1. The topological polar surface area (TPSA) is 33.5 Å². The Balaban J connectivity index is 1.85. The van der Waals surface area contributed by atoms with Crippen LogP contribution in [0.2, 0.25) is 0 Å². The van der Waals surface area contributed by atoms with Crippen molar-refractivity contribution < 1.29 is 9.21 Å². The van der Waals surface area contributed by atoms with Crippen molar-refractivity contribution in [3.63, 3.8) is 0 Å². The molecule has 0 aliphatic carbocycles. The third kappa shape index (κ3) is 2.49. The van der Waals surface area contributed by atoms with Gasteiger partial charge in [-0.05, 0) is 37.5 Å². The normalized spacial score (nSPS) is 23.2. The van der Waals surface area contributed by atoms with E-state index in [1.165, 1.54) is 5.56 Å². The summed E-state index contributed by atoms with van der Waals surface area (Å²) in [6, 6.07) is 7.83. The zero-order valence-corrected chi connectivity index (χ0v) is 13.3. The molecule has 1 saturated heterocycles. The van der Waals surface area contributed by atoms with E-state index in [1.807, 2.05) is 36.1 Å². The third-order valence-electron chi connectivity index (χ3n) is 3.97. The molecule has 1 aliphatic rings. The molecule has 1 fully saturated rings. The van der Waals surface area contributed by atoms with Crippen LogP contribution in [-0.4, -0.2) is 28.7 Å². The van der Waals surface area contributed by atoms with Crippen LogP contribution in [0.1, 0.15) is 29.5 Å². The first-order valence-electron chi connectivity index (χ1n) is 6.98. The van der Waals surface area contributed by atoms with E-state index in [9.17, 15) is 4.79 Å². The lowest BCUT2D eigenvalue weighted by Crippen LogP contribution is -2.43. The average Bonchev–Trinajstić information content (AvgIpc) is 2.84. The van der Waals surface area contributed by atoms with Crippen molar-refractivity contribution in [3.8, 4) is 0 Å². The monoisotopic (exact) mass is 335 g/mol. The number of hydrogen-bond donors (Lipinski definition) is 0. The molecule has 0 saturated carbocycles. The molecule has 1 aliphatic heterocycles. The predicted octanol–water partition coefficient (Wildman–Crippen LogP) is 3.99. The first kappa shape index (κ1) is 13.7. The van der Waals surface area contributed by atoms with Crippen LogP contribution >= 0.6 is 15.9 Å². The number of nitrogens with zero attached hydrogens (tertiary/aromatic N) is 1. The highest BCUT2D eigenvalue weighted by molar-refractivity contribution is 9.09. The quantitative estimate of drug-likeness (QED) is 0.738. The Morgan fingerprint density at radius 1 is 1.40 bits per heavy atom. The standard InChI is InChI=1S/C16H18BrNO2/c1-10-3-4-14-12(7-10)8-15(20-14)16(19)18-6-5-13(17)11(2)9-18/h3-4,7-8,11,13H,5-6,9H2,1-2H3. The highest BCUT2D eigenvalue weighted by atomic mass is 79.9. The van der Waals surface area contributed by atoms with E-state index in [0.717, 1.165) is 30.5 Å². The van der Waals surface area contributed by atoms with Crippen LogP contribution in [0.3, 0.4) is 0 Å². The molecule has 1 amide bonds. The van der Waals surface area contributed by atoms with Gasteiger partial charge in [-0.1, -0.05) is 34.5 Å². The van der Waals surface area contributed by atoms with Gasteiger partial charge < -0.3 is 9.32 Å². The molecular formula is C16H18BrNO2. The molecule has 2 unspecified atom stereocenters. The maximum atomic E-state index is 12.5. The number of carbonyl (C=O) groups is 1. The Bertz CT molecular complexity index is 649. The Labute approximate surface area is 127 Å². The van der Waals surface area contributed by atoms with Crippen molar-refractivity contribution in [2.75, 3.05) is 13.1 Å². The van der Waals surface area contributed by atoms with Crippen LogP contribution in [0.5, 0.6) is 0 Å². The third-order valence-corrected chi connectivity index (χ3v) is 5.33. The van der Waals surface area contributed by atoms with Gasteiger partial charge in [0.15, 0.2) is 5.76 Å². The molecule has 106 valence electrons. The maximum Gasteiger partial charge on any atom is 0.289 e. The molecule has 4 heteroatoms. The number of alkyl halides is 1. The minimum absolute atomic E-state index is 0.00473. The SMILES string of the molecule is Cc1ccc2oc(C(=O)N3CCC(Br)C(C)C3)cc2c1. The summed E-state index contributed by atoms with van der Waals surface area (Å²) < 4.78 is 5.70. The minimum atomic E-state index is 0.00473. The first-order valence-corrected chi connectivity index (χ1v) is 7.89. The summed E-state index contributed by atoms with van der Waals surface area (Å²) in [5.74, 6) is 0.926. The highest BCUT2D eigenvalue weighted by Crippen LogP contribution is 2.26. The van der Waals surface area contributed by atoms with Crippen LogP contribution in [-0.2, 0) is 0 Å². The molecule has 0 N–H and O–H groups in total. The van der Waals surface area contributed by atoms with E-state index in [4.69, 9.17) is 4.42 Å². The average molecular weight is 336 g/mol. The maximum absolute atomic E-state index is 12.5. The lowest BCUT2D eigenvalue weighted by molar-refractivity contribution is 0.0660. The fourth-order valence-corrected chi connectivity index (χ4v) is 3.10. The van der Waals surface area contributed by atoms with Gasteiger partial charge in [0.05, 0.1) is 0 Å². The molecule has 0 radical (unpaired) electrons. The Hall–Kier alpha value is -1.29. The molecular weight excluding hydrogens is 318 g/mol. The summed E-state index contributed by atoms with van der Waals surface area (Å²) in [7, 11) is 0. The van der Waals surface area contributed by atoms with Gasteiger partial charge in [0, 0.05) is 23.3 Å². The van der Waals surface area contributed by atoms with E-state index in [2.05, 4.69) is 22.9 Å². The number of piperidine rings is 1. The fraction of sp³-hybridized carbons (Fsp3) is 0.438. The summed E-state index contributed by atoms with van der Waals surface area (Å²) in [5.41, 5.74) is 1.95. The molecule has 0 bridgehead atoms. The van der Waals surface area contributed by atoms with E-state index >= 15 is 0 Å². The number of hydrogen-bond acceptors (Lipinski definition) is 2. The van der Waals surface area contributed by atoms with Gasteiger partial charge in [-0.25, -0.2) is 0 Å². The van der Waals surface area contributed by atoms with Crippen molar-refractivity contribution >= 4 is 32.8 Å². The van der Waals surface area contributed by atoms with E-state index < -0.39 is 0 Å². The van der Waals surface area contributed by atoms with Gasteiger partial charge in [-0.3, -0.25) is 4.79 Å². The fourth-order valence-electron chi connectivity index (χ4n) is 2.73. The molecule has 0 spiro atoms. The number of aryl methyl sites for hydroxylation is 1. The van der Waals surface area contributed by atoms with Gasteiger partial charge in [0.1, 0.15) is 5.58 Å². The van der Waals surface area contributed by atoms with Crippen LogP contribution in [0.4, 0.5) is 0 Å². The summed E-state index contributed by atoms with van der Waals surface area (Å²) in [6.07, 6.45) is 0.992. The number of likely N-dealkylation sites (tertiary alicyclic amines) is 1. The van der Waals surface area contributed by atoms with Crippen molar-refractivity contribution in [2.45, 2.75) is 25.1 Å². The smallest absolute Gasteiger partial charge is 0.289 e. The summed E-state index contributed by atoms with van der Waals surface area (Å²) in [5, 5.41) is 0.997. The van der Waals surface area contributed by atoms with Crippen LogP contribution in [0.25, 0.3) is 11.0 Å². The van der Waals surface area contributed by atoms with Crippen molar-refractivity contribution in [3.05, 3.63) is 35.6 Å². The van der Waals surface area contributed by atoms with Gasteiger partial charge in [0.2, 0.25) is 0 Å². The molecule has 20 heavy (non-hydrogen) atoms. The highest BCUT2D eigenvalue weighted by Gasteiger charge is 2.29. The van der Waals surface area contributed by atoms with Crippen LogP contribution in [0, 0.1) is 12.8 Å². The van der Waals surface area contributed by atoms with Crippen molar-refractivity contribution in [2.24, 2.45) is 5.92 Å². The van der Waals surface area contributed by atoms with E-state index in [-0.39, 0.29) is 5.91 Å². The van der Waals surface area contributed by atoms with E-state index in [0.29, 0.717) is 16.5 Å². The zero-order valence-electron chi connectivity index (χ0n) is 11.7. The first-order chi connectivity index (χ1) is 9.54. The second-order valence-electron chi connectivity index (χ2n) is 5.69. The van der Waals surface area contributed by atoms with Gasteiger partial charge >= 0.3 is 0 Å². The molecule has 3 rings (SSSR count). The molecule has 1 aromatic heterocycles. The van der Waals surface area contributed by atoms with Crippen LogP contribution < -0.4 is 0 Å².